The van der Waals surface area contributed by atoms with Crippen molar-refractivity contribution in [3.8, 4) is 0 Å². The van der Waals surface area contributed by atoms with E-state index in [2.05, 4.69) is 0 Å². The Morgan fingerprint density at radius 3 is 2.50 bits per heavy atom. The van der Waals surface area contributed by atoms with Crippen molar-refractivity contribution in [3.63, 3.8) is 0 Å². The van der Waals surface area contributed by atoms with E-state index in [1.807, 2.05) is 27.7 Å². The van der Waals surface area contributed by atoms with Gasteiger partial charge in [0.25, 0.3) is 0 Å². The number of methoxy groups -OCH3 is 1. The molecule has 1 aliphatic heterocycles. The van der Waals surface area contributed by atoms with E-state index in [1.165, 1.54) is 0 Å². The van der Waals surface area contributed by atoms with E-state index in [4.69, 9.17) is 9.47 Å². The molecule has 0 radical (unpaired) electrons. The van der Waals surface area contributed by atoms with Gasteiger partial charge in [-0.05, 0) is 52.4 Å². The fourth-order valence-electron chi connectivity index (χ4n) is 2.86. The normalized spacial score (nSPS) is 22.5. The van der Waals surface area contributed by atoms with Crippen LogP contribution in [0.4, 0.5) is 0 Å². The molecule has 22 heavy (non-hydrogen) atoms. The Labute approximate surface area is 134 Å². The average molecular weight is 313 g/mol. The van der Waals surface area contributed by atoms with Crippen LogP contribution < -0.4 is 0 Å². The van der Waals surface area contributed by atoms with Crippen LogP contribution in [0.15, 0.2) is 0 Å². The standard InChI is InChI=1S/C17H31NO4/c1-13-9-8-11-18(14(19)10-6-7-12-21-5)15(13)16(20)22-17(2,3)4/h13,15H,6-12H2,1-5H3/t13-,15+/m1/s1. The van der Waals surface area contributed by atoms with E-state index in [1.54, 1.807) is 12.0 Å². The zero-order chi connectivity index (χ0) is 16.8. The van der Waals surface area contributed by atoms with Crippen molar-refractivity contribution in [3.05, 3.63) is 0 Å². The number of hydrogen-bond acceptors (Lipinski definition) is 4. The fourth-order valence-corrected chi connectivity index (χ4v) is 2.86. The Morgan fingerprint density at radius 1 is 1.23 bits per heavy atom. The van der Waals surface area contributed by atoms with Gasteiger partial charge in [0.15, 0.2) is 0 Å². The van der Waals surface area contributed by atoms with Crippen LogP contribution in [-0.2, 0) is 19.1 Å². The Bertz CT molecular complexity index is 375. The van der Waals surface area contributed by atoms with E-state index in [0.29, 0.717) is 19.6 Å². The van der Waals surface area contributed by atoms with Crippen LogP contribution in [0.2, 0.25) is 0 Å². The second kappa shape index (κ2) is 8.51. The van der Waals surface area contributed by atoms with Gasteiger partial charge in [-0.25, -0.2) is 4.79 Å². The van der Waals surface area contributed by atoms with E-state index in [-0.39, 0.29) is 17.8 Å². The lowest BCUT2D eigenvalue weighted by molar-refractivity contribution is -0.169. The molecule has 1 heterocycles. The van der Waals surface area contributed by atoms with Gasteiger partial charge in [0.1, 0.15) is 11.6 Å². The number of unbranched alkanes of at least 4 members (excludes halogenated alkanes) is 1. The number of likely N-dealkylation sites (tertiary alicyclic amines) is 1. The Balaban J connectivity index is 2.68. The molecule has 5 nitrogen and oxygen atoms in total. The highest BCUT2D eigenvalue weighted by atomic mass is 16.6. The summed E-state index contributed by atoms with van der Waals surface area (Å²) in [5.74, 6) is -0.0741. The van der Waals surface area contributed by atoms with Gasteiger partial charge in [-0.3, -0.25) is 4.79 Å². The van der Waals surface area contributed by atoms with E-state index >= 15 is 0 Å². The number of nitrogens with zero attached hydrogens (tertiary/aromatic N) is 1. The third-order valence-electron chi connectivity index (χ3n) is 3.89. The average Bonchev–Trinajstić information content (AvgIpc) is 2.41. The molecular formula is C17H31NO4. The summed E-state index contributed by atoms with van der Waals surface area (Å²) in [6.07, 6.45) is 4.03. The molecule has 5 heteroatoms. The summed E-state index contributed by atoms with van der Waals surface area (Å²) in [5, 5.41) is 0. The SMILES string of the molecule is COCCCCC(=O)N1CCC[C@@H](C)[C@H]1C(=O)OC(C)(C)C. The third kappa shape index (κ3) is 5.95. The maximum Gasteiger partial charge on any atom is 0.329 e. The molecule has 1 saturated heterocycles. The fraction of sp³-hybridized carbons (Fsp3) is 0.882. The highest BCUT2D eigenvalue weighted by Gasteiger charge is 2.39. The number of piperidine rings is 1. The minimum Gasteiger partial charge on any atom is -0.458 e. The number of esters is 1. The number of hydrogen-bond donors (Lipinski definition) is 0. The first-order valence-electron chi connectivity index (χ1n) is 8.27. The van der Waals surface area contributed by atoms with Gasteiger partial charge in [-0.15, -0.1) is 0 Å². The molecule has 0 N–H and O–H groups in total. The second-order valence-corrected chi connectivity index (χ2v) is 7.13. The lowest BCUT2D eigenvalue weighted by Gasteiger charge is -2.39. The monoisotopic (exact) mass is 313 g/mol. The molecule has 128 valence electrons. The van der Waals surface area contributed by atoms with E-state index < -0.39 is 11.6 Å². The first-order valence-corrected chi connectivity index (χ1v) is 8.27. The van der Waals surface area contributed by atoms with Crippen molar-refractivity contribution in [2.75, 3.05) is 20.3 Å². The quantitative estimate of drug-likeness (QED) is 0.559. The van der Waals surface area contributed by atoms with Crippen LogP contribution in [-0.4, -0.2) is 48.7 Å². The Kier molecular flexibility index (Phi) is 7.33. The smallest absolute Gasteiger partial charge is 0.329 e. The summed E-state index contributed by atoms with van der Waals surface area (Å²) in [6, 6.07) is -0.442. The predicted molar refractivity (Wildman–Crippen MR) is 85.5 cm³/mol. The number of rotatable bonds is 6. The van der Waals surface area contributed by atoms with Gasteiger partial charge >= 0.3 is 5.97 Å². The topological polar surface area (TPSA) is 55.8 Å². The number of carbonyl (C=O) groups is 2. The van der Waals surface area contributed by atoms with Gasteiger partial charge < -0.3 is 14.4 Å². The molecule has 1 amide bonds. The third-order valence-corrected chi connectivity index (χ3v) is 3.89. The van der Waals surface area contributed by atoms with Crippen LogP contribution in [0.25, 0.3) is 0 Å². The van der Waals surface area contributed by atoms with Gasteiger partial charge in [0, 0.05) is 26.7 Å². The van der Waals surface area contributed by atoms with Crippen molar-refractivity contribution in [1.82, 2.24) is 4.90 Å². The van der Waals surface area contributed by atoms with E-state index in [9.17, 15) is 9.59 Å². The van der Waals surface area contributed by atoms with Crippen molar-refractivity contribution in [2.24, 2.45) is 5.92 Å². The Morgan fingerprint density at radius 2 is 1.91 bits per heavy atom. The molecule has 0 aromatic rings. The minimum atomic E-state index is -0.526. The van der Waals surface area contributed by atoms with Gasteiger partial charge in [-0.2, -0.15) is 0 Å². The molecule has 0 aromatic heterocycles. The summed E-state index contributed by atoms with van der Waals surface area (Å²) in [5.41, 5.74) is -0.526. The summed E-state index contributed by atoms with van der Waals surface area (Å²) >= 11 is 0. The van der Waals surface area contributed by atoms with Crippen molar-refractivity contribution in [2.45, 2.75) is 71.4 Å². The minimum absolute atomic E-state index is 0.0542. The molecule has 0 saturated carbocycles. The van der Waals surface area contributed by atoms with Gasteiger partial charge in [-0.1, -0.05) is 6.92 Å². The number of amides is 1. The molecule has 1 aliphatic rings. The largest absolute Gasteiger partial charge is 0.458 e. The molecule has 1 rings (SSSR count). The van der Waals surface area contributed by atoms with Crippen LogP contribution in [0.5, 0.6) is 0 Å². The lowest BCUT2D eigenvalue weighted by Crippen LogP contribution is -2.53. The van der Waals surface area contributed by atoms with Crippen molar-refractivity contribution >= 4 is 11.9 Å². The zero-order valence-corrected chi connectivity index (χ0v) is 14.7. The molecule has 0 aromatic carbocycles. The summed E-state index contributed by atoms with van der Waals surface area (Å²) in [7, 11) is 1.66. The van der Waals surface area contributed by atoms with Crippen LogP contribution >= 0.6 is 0 Å². The highest BCUT2D eigenvalue weighted by Crippen LogP contribution is 2.26. The van der Waals surface area contributed by atoms with E-state index in [0.717, 1.165) is 25.7 Å². The lowest BCUT2D eigenvalue weighted by atomic mass is 9.90. The Hall–Kier alpha value is -1.10. The molecule has 0 unspecified atom stereocenters. The molecule has 1 fully saturated rings. The second-order valence-electron chi connectivity index (χ2n) is 7.13. The zero-order valence-electron chi connectivity index (χ0n) is 14.7. The van der Waals surface area contributed by atoms with Crippen LogP contribution in [0.1, 0.15) is 59.8 Å². The summed E-state index contributed by atoms with van der Waals surface area (Å²) in [4.78, 5) is 26.7. The van der Waals surface area contributed by atoms with Crippen molar-refractivity contribution in [1.29, 1.82) is 0 Å². The summed E-state index contributed by atoms with van der Waals surface area (Å²) < 4.78 is 10.5. The maximum absolute atomic E-state index is 12.5. The van der Waals surface area contributed by atoms with Gasteiger partial charge in [0.2, 0.25) is 5.91 Å². The van der Waals surface area contributed by atoms with Gasteiger partial charge in [0.05, 0.1) is 0 Å². The number of ether oxygens (including phenoxy) is 2. The first-order chi connectivity index (χ1) is 10.3. The molecule has 0 aliphatic carbocycles. The molecule has 2 atom stereocenters. The van der Waals surface area contributed by atoms with Crippen molar-refractivity contribution < 1.29 is 19.1 Å². The first kappa shape index (κ1) is 18.9. The molecule has 0 bridgehead atoms. The summed E-state index contributed by atoms with van der Waals surface area (Å²) in [6.45, 7) is 8.91. The number of carbonyl (C=O) groups excluding carboxylic acids is 2. The predicted octanol–water partition coefficient (Wildman–Crippen LogP) is 2.77. The maximum atomic E-state index is 12.5. The molecule has 0 spiro atoms. The van der Waals surface area contributed by atoms with Crippen LogP contribution in [0.3, 0.4) is 0 Å². The highest BCUT2D eigenvalue weighted by molar-refractivity contribution is 5.85. The molecular weight excluding hydrogens is 282 g/mol. The van der Waals surface area contributed by atoms with Crippen LogP contribution in [0, 0.1) is 5.92 Å².